The Hall–Kier alpha value is -2.42. The van der Waals surface area contributed by atoms with Crippen LogP contribution in [0.4, 0.5) is 5.69 Å². The lowest BCUT2D eigenvalue weighted by Crippen LogP contribution is -2.28. The average Bonchev–Trinajstić information content (AvgIpc) is 2.98. The SMILES string of the molecule is Cc1ccc(NC(=O)C(C)C)c(C(=O)NCCSc2nnnn2C)c1. The molecule has 2 aromatic rings. The number of carbonyl (C=O) groups is 2. The lowest BCUT2D eigenvalue weighted by molar-refractivity contribution is -0.118. The van der Waals surface area contributed by atoms with Crippen LogP contribution >= 0.6 is 11.8 Å². The summed E-state index contributed by atoms with van der Waals surface area (Å²) >= 11 is 1.46. The van der Waals surface area contributed by atoms with Crippen molar-refractivity contribution in [3.63, 3.8) is 0 Å². The third kappa shape index (κ3) is 5.28. The second-order valence-electron chi connectivity index (χ2n) is 5.88. The van der Waals surface area contributed by atoms with E-state index in [9.17, 15) is 9.59 Å². The Labute approximate surface area is 150 Å². The third-order valence-corrected chi connectivity index (χ3v) is 4.41. The first-order valence-electron chi connectivity index (χ1n) is 7.93. The highest BCUT2D eigenvalue weighted by Crippen LogP contribution is 2.18. The first-order chi connectivity index (χ1) is 11.9. The summed E-state index contributed by atoms with van der Waals surface area (Å²) in [6.45, 7) is 5.98. The van der Waals surface area contributed by atoms with Gasteiger partial charge < -0.3 is 10.6 Å². The number of aryl methyl sites for hydroxylation is 2. The van der Waals surface area contributed by atoms with E-state index < -0.39 is 0 Å². The molecule has 134 valence electrons. The van der Waals surface area contributed by atoms with Crippen LogP contribution in [0, 0.1) is 12.8 Å². The Morgan fingerprint density at radius 1 is 1.32 bits per heavy atom. The molecule has 0 atom stereocenters. The van der Waals surface area contributed by atoms with E-state index in [0.29, 0.717) is 28.7 Å². The maximum absolute atomic E-state index is 12.5. The molecule has 0 spiro atoms. The van der Waals surface area contributed by atoms with Crippen molar-refractivity contribution in [1.29, 1.82) is 0 Å². The molecule has 0 aliphatic heterocycles. The van der Waals surface area contributed by atoms with Crippen LogP contribution in [0.5, 0.6) is 0 Å². The summed E-state index contributed by atoms with van der Waals surface area (Å²) in [6, 6.07) is 5.39. The minimum absolute atomic E-state index is 0.122. The zero-order chi connectivity index (χ0) is 18.4. The normalized spacial score (nSPS) is 10.8. The van der Waals surface area contributed by atoms with E-state index in [1.165, 1.54) is 11.8 Å². The molecule has 0 aliphatic carbocycles. The number of carbonyl (C=O) groups excluding carboxylic acids is 2. The number of anilines is 1. The van der Waals surface area contributed by atoms with E-state index in [1.54, 1.807) is 23.9 Å². The van der Waals surface area contributed by atoms with E-state index in [4.69, 9.17) is 0 Å². The van der Waals surface area contributed by atoms with Crippen LogP contribution in [0.25, 0.3) is 0 Å². The quantitative estimate of drug-likeness (QED) is 0.573. The van der Waals surface area contributed by atoms with Gasteiger partial charge in [0.25, 0.3) is 5.91 Å². The van der Waals surface area contributed by atoms with Gasteiger partial charge in [-0.25, -0.2) is 4.68 Å². The van der Waals surface area contributed by atoms with E-state index in [-0.39, 0.29) is 17.7 Å². The molecule has 1 heterocycles. The molecule has 1 aromatic heterocycles. The van der Waals surface area contributed by atoms with Gasteiger partial charge in [0.1, 0.15) is 0 Å². The minimum Gasteiger partial charge on any atom is -0.351 e. The van der Waals surface area contributed by atoms with Gasteiger partial charge in [0, 0.05) is 25.3 Å². The molecule has 2 N–H and O–H groups in total. The number of benzene rings is 1. The van der Waals surface area contributed by atoms with Crippen LogP contribution in [0.1, 0.15) is 29.8 Å². The molecule has 25 heavy (non-hydrogen) atoms. The van der Waals surface area contributed by atoms with Crippen LogP contribution < -0.4 is 10.6 Å². The number of thioether (sulfide) groups is 1. The fourth-order valence-electron chi connectivity index (χ4n) is 1.98. The van der Waals surface area contributed by atoms with E-state index in [0.717, 1.165) is 5.56 Å². The lowest BCUT2D eigenvalue weighted by Gasteiger charge is -2.13. The van der Waals surface area contributed by atoms with Gasteiger partial charge in [-0.2, -0.15) is 0 Å². The fraction of sp³-hybridized carbons (Fsp3) is 0.438. The average molecular weight is 362 g/mol. The van der Waals surface area contributed by atoms with Gasteiger partial charge >= 0.3 is 0 Å². The predicted octanol–water partition coefficient (Wildman–Crippen LogP) is 1.64. The van der Waals surface area contributed by atoms with Crippen LogP contribution in [-0.4, -0.2) is 44.3 Å². The number of rotatable bonds is 7. The number of amides is 2. The molecule has 0 saturated carbocycles. The van der Waals surface area contributed by atoms with Gasteiger partial charge in [-0.05, 0) is 29.5 Å². The van der Waals surface area contributed by atoms with Crippen molar-refractivity contribution in [1.82, 2.24) is 25.5 Å². The second kappa shape index (κ2) is 8.61. The van der Waals surface area contributed by atoms with E-state index >= 15 is 0 Å². The summed E-state index contributed by atoms with van der Waals surface area (Å²) < 4.78 is 1.58. The molecule has 0 bridgehead atoms. The Bertz CT molecular complexity index is 759. The maximum Gasteiger partial charge on any atom is 0.253 e. The zero-order valence-corrected chi connectivity index (χ0v) is 15.6. The lowest BCUT2D eigenvalue weighted by atomic mass is 10.1. The van der Waals surface area contributed by atoms with Gasteiger partial charge in [-0.3, -0.25) is 9.59 Å². The Kier molecular flexibility index (Phi) is 6.51. The number of nitrogens with one attached hydrogen (secondary N) is 2. The molecular formula is C16H22N6O2S. The smallest absolute Gasteiger partial charge is 0.253 e. The Morgan fingerprint density at radius 2 is 2.08 bits per heavy atom. The maximum atomic E-state index is 12.5. The minimum atomic E-state index is -0.223. The van der Waals surface area contributed by atoms with Gasteiger partial charge in [-0.15, -0.1) is 5.10 Å². The number of tetrazole rings is 1. The summed E-state index contributed by atoms with van der Waals surface area (Å²) in [5.74, 6) is 0.135. The monoisotopic (exact) mass is 362 g/mol. The van der Waals surface area contributed by atoms with Crippen LogP contribution in [0.15, 0.2) is 23.4 Å². The summed E-state index contributed by atoms with van der Waals surface area (Å²) in [6.07, 6.45) is 0. The molecule has 1 aromatic carbocycles. The molecule has 0 radical (unpaired) electrons. The van der Waals surface area contributed by atoms with Gasteiger partial charge in [0.15, 0.2) is 0 Å². The van der Waals surface area contributed by atoms with Crippen LogP contribution in [0.3, 0.4) is 0 Å². The van der Waals surface area contributed by atoms with Crippen LogP contribution in [0.2, 0.25) is 0 Å². The summed E-state index contributed by atoms with van der Waals surface area (Å²) in [4.78, 5) is 24.4. The first kappa shape index (κ1) is 18.9. The van der Waals surface area contributed by atoms with E-state index in [1.807, 2.05) is 26.8 Å². The highest BCUT2D eigenvalue weighted by atomic mass is 32.2. The highest BCUT2D eigenvalue weighted by Gasteiger charge is 2.15. The fourth-order valence-corrected chi connectivity index (χ4v) is 2.68. The molecule has 8 nitrogen and oxygen atoms in total. The highest BCUT2D eigenvalue weighted by molar-refractivity contribution is 7.99. The predicted molar refractivity (Wildman–Crippen MR) is 96.5 cm³/mol. The first-order valence-corrected chi connectivity index (χ1v) is 8.92. The Morgan fingerprint density at radius 3 is 2.72 bits per heavy atom. The van der Waals surface area contributed by atoms with E-state index in [2.05, 4.69) is 26.2 Å². The van der Waals surface area contributed by atoms with Crippen molar-refractivity contribution < 1.29 is 9.59 Å². The summed E-state index contributed by atoms with van der Waals surface area (Å²) in [5, 5.41) is 17.5. The van der Waals surface area contributed by atoms with Crippen molar-refractivity contribution >= 4 is 29.3 Å². The Balaban J connectivity index is 1.96. The standard InChI is InChI=1S/C16H22N6O2S/c1-10(2)14(23)18-13-6-5-11(3)9-12(13)15(24)17-7-8-25-16-19-20-21-22(16)4/h5-6,9-10H,7-8H2,1-4H3,(H,17,24)(H,18,23). The number of nitrogens with zero attached hydrogens (tertiary/aromatic N) is 4. The second-order valence-corrected chi connectivity index (χ2v) is 6.94. The van der Waals surface area contributed by atoms with Crippen molar-refractivity contribution in [2.24, 2.45) is 13.0 Å². The third-order valence-electron chi connectivity index (χ3n) is 3.40. The van der Waals surface area contributed by atoms with Crippen LogP contribution in [-0.2, 0) is 11.8 Å². The van der Waals surface area contributed by atoms with Crippen molar-refractivity contribution in [3.05, 3.63) is 29.3 Å². The van der Waals surface area contributed by atoms with Crippen molar-refractivity contribution in [2.45, 2.75) is 25.9 Å². The molecule has 2 rings (SSSR count). The molecule has 2 amide bonds. The molecule has 0 fully saturated rings. The molecular weight excluding hydrogens is 340 g/mol. The zero-order valence-electron chi connectivity index (χ0n) is 14.7. The number of hydrogen-bond donors (Lipinski definition) is 2. The topological polar surface area (TPSA) is 102 Å². The summed E-state index contributed by atoms with van der Waals surface area (Å²) in [7, 11) is 1.76. The van der Waals surface area contributed by atoms with Gasteiger partial charge in [-0.1, -0.05) is 37.2 Å². The van der Waals surface area contributed by atoms with Crippen molar-refractivity contribution in [3.8, 4) is 0 Å². The number of aromatic nitrogens is 4. The summed E-state index contributed by atoms with van der Waals surface area (Å²) in [5.41, 5.74) is 1.93. The van der Waals surface area contributed by atoms with Gasteiger partial charge in [0.2, 0.25) is 11.1 Å². The molecule has 0 aliphatic rings. The largest absolute Gasteiger partial charge is 0.351 e. The molecule has 0 saturated heterocycles. The molecule has 9 heteroatoms. The molecule has 0 unspecified atom stereocenters. The van der Waals surface area contributed by atoms with Gasteiger partial charge in [0.05, 0.1) is 11.3 Å². The number of hydrogen-bond acceptors (Lipinski definition) is 6. The van der Waals surface area contributed by atoms with Crippen molar-refractivity contribution in [2.75, 3.05) is 17.6 Å².